The van der Waals surface area contributed by atoms with Gasteiger partial charge >= 0.3 is 0 Å². The van der Waals surface area contributed by atoms with Crippen molar-refractivity contribution < 1.29 is 9.84 Å². The summed E-state index contributed by atoms with van der Waals surface area (Å²) in [6.45, 7) is 2.88. The number of aliphatic hydroxyl groups is 1. The van der Waals surface area contributed by atoms with Crippen molar-refractivity contribution in [1.29, 1.82) is 0 Å². The maximum atomic E-state index is 10.1. The number of hydrogen-bond donors (Lipinski definition) is 2. The van der Waals surface area contributed by atoms with Gasteiger partial charge in [0.15, 0.2) is 0 Å². The average Bonchev–Trinajstić information content (AvgIpc) is 2.87. The second kappa shape index (κ2) is 4.15. The molecule has 0 radical (unpaired) electrons. The standard InChI is InChI=1S/C11H17NO2/c1-2-10-8(5-7-14-10)11(13)9-4-3-6-12-9/h3-4,6,8,10-13H,2,5,7H2,1H3. The highest BCUT2D eigenvalue weighted by atomic mass is 16.5. The number of aromatic nitrogens is 1. The Hall–Kier alpha value is -0.800. The summed E-state index contributed by atoms with van der Waals surface area (Å²) in [5.41, 5.74) is 0.902. The third-order valence-corrected chi connectivity index (χ3v) is 3.01. The fourth-order valence-corrected chi connectivity index (χ4v) is 2.21. The molecule has 3 unspecified atom stereocenters. The number of aromatic amines is 1. The quantitative estimate of drug-likeness (QED) is 0.773. The molecule has 1 aliphatic rings. The molecule has 0 aliphatic carbocycles. The summed E-state index contributed by atoms with van der Waals surface area (Å²) in [6, 6.07) is 3.84. The lowest BCUT2D eigenvalue weighted by Crippen LogP contribution is -2.22. The minimum absolute atomic E-state index is 0.216. The van der Waals surface area contributed by atoms with E-state index in [1.165, 1.54) is 0 Å². The summed E-state index contributed by atoms with van der Waals surface area (Å²) in [4.78, 5) is 3.05. The molecule has 1 aliphatic heterocycles. The van der Waals surface area contributed by atoms with Crippen LogP contribution in [-0.4, -0.2) is 22.8 Å². The van der Waals surface area contributed by atoms with E-state index in [1.807, 2.05) is 18.3 Å². The van der Waals surface area contributed by atoms with E-state index >= 15 is 0 Å². The number of nitrogens with one attached hydrogen (secondary N) is 1. The first-order valence-electron chi connectivity index (χ1n) is 5.26. The van der Waals surface area contributed by atoms with Crippen LogP contribution in [0.15, 0.2) is 18.3 Å². The number of aliphatic hydroxyl groups excluding tert-OH is 1. The molecular weight excluding hydrogens is 178 g/mol. The summed E-state index contributed by atoms with van der Waals surface area (Å²) in [5, 5.41) is 10.1. The second-order valence-corrected chi connectivity index (χ2v) is 3.84. The van der Waals surface area contributed by atoms with Gasteiger partial charge in [0.05, 0.1) is 12.2 Å². The normalized spacial score (nSPS) is 29.3. The van der Waals surface area contributed by atoms with Crippen LogP contribution in [0.4, 0.5) is 0 Å². The van der Waals surface area contributed by atoms with Crippen molar-refractivity contribution in [2.45, 2.75) is 32.0 Å². The first-order chi connectivity index (χ1) is 6.83. The van der Waals surface area contributed by atoms with Gasteiger partial charge in [0.2, 0.25) is 0 Å². The van der Waals surface area contributed by atoms with Gasteiger partial charge in [0, 0.05) is 24.4 Å². The van der Waals surface area contributed by atoms with Crippen molar-refractivity contribution in [2.75, 3.05) is 6.61 Å². The van der Waals surface area contributed by atoms with E-state index in [0.717, 1.165) is 25.1 Å². The third-order valence-electron chi connectivity index (χ3n) is 3.01. The summed E-state index contributed by atoms with van der Waals surface area (Å²) in [7, 11) is 0. The van der Waals surface area contributed by atoms with Gasteiger partial charge in [0.25, 0.3) is 0 Å². The van der Waals surface area contributed by atoms with E-state index in [1.54, 1.807) is 0 Å². The zero-order valence-electron chi connectivity index (χ0n) is 8.44. The van der Waals surface area contributed by atoms with Crippen molar-refractivity contribution in [1.82, 2.24) is 4.98 Å². The molecule has 0 amide bonds. The molecule has 3 atom stereocenters. The summed E-state index contributed by atoms with van der Waals surface area (Å²) < 4.78 is 5.56. The van der Waals surface area contributed by atoms with E-state index in [0.29, 0.717) is 0 Å². The van der Waals surface area contributed by atoms with Crippen molar-refractivity contribution in [3.05, 3.63) is 24.0 Å². The predicted molar refractivity (Wildman–Crippen MR) is 53.9 cm³/mol. The van der Waals surface area contributed by atoms with E-state index in [4.69, 9.17) is 4.74 Å². The zero-order valence-corrected chi connectivity index (χ0v) is 8.44. The van der Waals surface area contributed by atoms with Gasteiger partial charge in [-0.1, -0.05) is 6.92 Å². The van der Waals surface area contributed by atoms with Crippen molar-refractivity contribution in [3.8, 4) is 0 Å². The Balaban J connectivity index is 2.07. The first-order valence-corrected chi connectivity index (χ1v) is 5.26. The van der Waals surface area contributed by atoms with Crippen LogP contribution in [0.2, 0.25) is 0 Å². The van der Waals surface area contributed by atoms with Gasteiger partial charge in [-0.15, -0.1) is 0 Å². The molecule has 0 bridgehead atoms. The van der Waals surface area contributed by atoms with Crippen molar-refractivity contribution >= 4 is 0 Å². The largest absolute Gasteiger partial charge is 0.386 e. The number of hydrogen-bond acceptors (Lipinski definition) is 2. The topological polar surface area (TPSA) is 45.2 Å². The van der Waals surface area contributed by atoms with Crippen LogP contribution in [0.25, 0.3) is 0 Å². The molecule has 3 nitrogen and oxygen atoms in total. The van der Waals surface area contributed by atoms with Crippen LogP contribution in [-0.2, 0) is 4.74 Å². The molecular formula is C11H17NO2. The first kappa shape index (κ1) is 9.74. The van der Waals surface area contributed by atoms with Crippen LogP contribution >= 0.6 is 0 Å². The number of H-pyrrole nitrogens is 1. The van der Waals surface area contributed by atoms with Gasteiger partial charge in [0.1, 0.15) is 0 Å². The van der Waals surface area contributed by atoms with Crippen molar-refractivity contribution in [3.63, 3.8) is 0 Å². The van der Waals surface area contributed by atoms with Crippen LogP contribution in [0.3, 0.4) is 0 Å². The maximum Gasteiger partial charge on any atom is 0.0991 e. The summed E-state index contributed by atoms with van der Waals surface area (Å²) in [6.07, 6.45) is 3.59. The lowest BCUT2D eigenvalue weighted by atomic mass is 9.91. The van der Waals surface area contributed by atoms with Gasteiger partial charge < -0.3 is 14.8 Å². The molecule has 1 fully saturated rings. The average molecular weight is 195 g/mol. The van der Waals surface area contributed by atoms with Crippen LogP contribution in [0.5, 0.6) is 0 Å². The number of ether oxygens (including phenoxy) is 1. The predicted octanol–water partition coefficient (Wildman–Crippen LogP) is 1.86. The van der Waals surface area contributed by atoms with E-state index < -0.39 is 6.10 Å². The molecule has 2 heterocycles. The lowest BCUT2D eigenvalue weighted by Gasteiger charge is -2.21. The molecule has 1 aromatic heterocycles. The highest BCUT2D eigenvalue weighted by Crippen LogP contribution is 2.33. The Morgan fingerprint density at radius 3 is 3.21 bits per heavy atom. The Labute approximate surface area is 84.1 Å². The summed E-state index contributed by atoms with van der Waals surface area (Å²) >= 11 is 0. The minimum Gasteiger partial charge on any atom is -0.386 e. The minimum atomic E-state index is -0.405. The monoisotopic (exact) mass is 195 g/mol. The van der Waals surface area contributed by atoms with Gasteiger partial charge in [-0.25, -0.2) is 0 Å². The van der Waals surface area contributed by atoms with Crippen LogP contribution < -0.4 is 0 Å². The molecule has 1 aromatic rings. The molecule has 78 valence electrons. The van der Waals surface area contributed by atoms with Gasteiger partial charge in [-0.05, 0) is 25.0 Å². The third kappa shape index (κ3) is 1.70. The fourth-order valence-electron chi connectivity index (χ4n) is 2.21. The smallest absolute Gasteiger partial charge is 0.0991 e. The highest BCUT2D eigenvalue weighted by molar-refractivity contribution is 5.09. The lowest BCUT2D eigenvalue weighted by molar-refractivity contribution is 0.0291. The SMILES string of the molecule is CCC1OCCC1C(O)c1ccc[nH]1. The molecule has 14 heavy (non-hydrogen) atoms. The molecule has 2 N–H and O–H groups in total. The van der Waals surface area contributed by atoms with Gasteiger partial charge in [-0.3, -0.25) is 0 Å². The van der Waals surface area contributed by atoms with E-state index in [-0.39, 0.29) is 12.0 Å². The zero-order chi connectivity index (χ0) is 9.97. The summed E-state index contributed by atoms with van der Waals surface area (Å²) in [5.74, 6) is 0.249. The van der Waals surface area contributed by atoms with Crippen molar-refractivity contribution in [2.24, 2.45) is 5.92 Å². The van der Waals surface area contributed by atoms with Gasteiger partial charge in [-0.2, -0.15) is 0 Å². The Morgan fingerprint density at radius 2 is 2.57 bits per heavy atom. The Kier molecular flexibility index (Phi) is 2.89. The molecule has 0 saturated carbocycles. The van der Waals surface area contributed by atoms with Crippen LogP contribution in [0, 0.1) is 5.92 Å². The van der Waals surface area contributed by atoms with E-state index in [2.05, 4.69) is 11.9 Å². The Bertz CT molecular complexity index is 271. The molecule has 3 heteroatoms. The highest BCUT2D eigenvalue weighted by Gasteiger charge is 2.33. The van der Waals surface area contributed by atoms with E-state index in [9.17, 15) is 5.11 Å². The fraction of sp³-hybridized carbons (Fsp3) is 0.636. The van der Waals surface area contributed by atoms with Crippen LogP contribution in [0.1, 0.15) is 31.6 Å². The molecule has 0 spiro atoms. The molecule has 0 aromatic carbocycles. The number of rotatable bonds is 3. The second-order valence-electron chi connectivity index (χ2n) is 3.84. The Morgan fingerprint density at radius 1 is 1.71 bits per heavy atom. The maximum absolute atomic E-state index is 10.1. The molecule has 1 saturated heterocycles. The molecule has 2 rings (SSSR count).